The monoisotopic (exact) mass is 410 g/mol. The van der Waals surface area contributed by atoms with Gasteiger partial charge in [0.2, 0.25) is 17.6 Å². The summed E-state index contributed by atoms with van der Waals surface area (Å²) in [6, 6.07) is 9.39. The topological polar surface area (TPSA) is 136 Å². The van der Waals surface area contributed by atoms with Crippen molar-refractivity contribution in [2.45, 2.75) is 26.3 Å². The summed E-state index contributed by atoms with van der Waals surface area (Å²) in [5.74, 6) is 0.522. The van der Waals surface area contributed by atoms with Crippen LogP contribution in [0.15, 0.2) is 53.3 Å². The predicted octanol–water partition coefficient (Wildman–Crippen LogP) is 3.36. The number of hydrogen-bond acceptors (Lipinski definition) is 8. The summed E-state index contributed by atoms with van der Waals surface area (Å²) >= 11 is 0. The number of amides is 1. The smallest absolute Gasteiger partial charge is 0.292 e. The van der Waals surface area contributed by atoms with Gasteiger partial charge in [-0.15, -0.1) is 0 Å². The van der Waals surface area contributed by atoms with Gasteiger partial charge in [0.15, 0.2) is 0 Å². The number of nitro groups is 1. The third kappa shape index (κ3) is 5.16. The molecule has 10 heteroatoms. The second-order valence-electron chi connectivity index (χ2n) is 6.93. The lowest BCUT2D eigenvalue weighted by Crippen LogP contribution is -2.33. The molecule has 2 heterocycles. The molecule has 30 heavy (non-hydrogen) atoms. The van der Waals surface area contributed by atoms with Gasteiger partial charge in [-0.3, -0.25) is 19.9 Å². The number of pyridine rings is 1. The number of rotatable bonds is 9. The minimum atomic E-state index is -0.465. The maximum atomic E-state index is 12.4. The van der Waals surface area contributed by atoms with Gasteiger partial charge >= 0.3 is 0 Å². The lowest BCUT2D eigenvalue weighted by molar-refractivity contribution is -0.384. The molecule has 1 atom stereocenters. The molecule has 1 amide bonds. The lowest BCUT2D eigenvalue weighted by Gasteiger charge is -2.18. The number of nitrogens with zero attached hydrogens (tertiary/aromatic N) is 4. The molecule has 0 aliphatic carbocycles. The van der Waals surface area contributed by atoms with Crippen LogP contribution < -0.4 is 10.6 Å². The number of hydrogen-bond donors (Lipinski definition) is 2. The molecule has 3 aromatic rings. The Labute approximate surface area is 172 Å². The van der Waals surface area contributed by atoms with Crippen LogP contribution in [0.1, 0.15) is 32.2 Å². The van der Waals surface area contributed by atoms with Crippen molar-refractivity contribution in [2.75, 3.05) is 11.9 Å². The fourth-order valence-electron chi connectivity index (χ4n) is 2.83. The van der Waals surface area contributed by atoms with Crippen molar-refractivity contribution in [3.63, 3.8) is 0 Å². The zero-order valence-electron chi connectivity index (χ0n) is 16.6. The van der Waals surface area contributed by atoms with Gasteiger partial charge in [0, 0.05) is 37.0 Å². The molecule has 1 unspecified atom stereocenters. The van der Waals surface area contributed by atoms with E-state index in [1.165, 1.54) is 6.07 Å². The third-order valence-electron chi connectivity index (χ3n) is 4.40. The van der Waals surface area contributed by atoms with Crippen LogP contribution in [0.2, 0.25) is 0 Å². The van der Waals surface area contributed by atoms with Crippen LogP contribution in [-0.4, -0.2) is 32.5 Å². The van der Waals surface area contributed by atoms with Gasteiger partial charge in [0.1, 0.15) is 11.7 Å². The Morgan fingerprint density at radius 2 is 1.93 bits per heavy atom. The van der Waals surface area contributed by atoms with Crippen molar-refractivity contribution in [3.8, 4) is 11.4 Å². The molecule has 0 aliphatic rings. The van der Waals surface area contributed by atoms with Gasteiger partial charge in [0.25, 0.3) is 5.69 Å². The lowest BCUT2D eigenvalue weighted by atomic mass is 10.0. The Kier molecular flexibility index (Phi) is 6.68. The number of aromatic nitrogens is 3. The van der Waals surface area contributed by atoms with Gasteiger partial charge < -0.3 is 15.2 Å². The van der Waals surface area contributed by atoms with Crippen molar-refractivity contribution < 1.29 is 14.2 Å². The second-order valence-corrected chi connectivity index (χ2v) is 6.93. The van der Waals surface area contributed by atoms with Gasteiger partial charge in [0.05, 0.1) is 4.92 Å². The highest BCUT2D eigenvalue weighted by atomic mass is 16.6. The third-order valence-corrected chi connectivity index (χ3v) is 4.40. The highest BCUT2D eigenvalue weighted by Gasteiger charge is 2.25. The van der Waals surface area contributed by atoms with Crippen LogP contribution in [0.25, 0.3) is 11.4 Å². The van der Waals surface area contributed by atoms with Crippen LogP contribution in [0, 0.1) is 16.0 Å². The molecule has 0 fully saturated rings. The van der Waals surface area contributed by atoms with E-state index in [-0.39, 0.29) is 30.5 Å². The molecular weight excluding hydrogens is 388 g/mol. The van der Waals surface area contributed by atoms with Crippen LogP contribution >= 0.6 is 0 Å². The fraction of sp³-hybridized carbons (Fsp3) is 0.300. The molecule has 0 saturated carbocycles. The SMILES string of the molecule is CC(C)C(NC(=O)CCNc1ccccc1[N+](=O)[O-])c1nc(-c2ccncc2)no1. The summed E-state index contributed by atoms with van der Waals surface area (Å²) in [6.45, 7) is 4.12. The highest BCUT2D eigenvalue weighted by molar-refractivity contribution is 5.77. The predicted molar refractivity (Wildman–Crippen MR) is 109 cm³/mol. The van der Waals surface area contributed by atoms with Crippen molar-refractivity contribution in [3.05, 3.63) is 64.8 Å². The Bertz CT molecular complexity index is 1010. The fourth-order valence-corrected chi connectivity index (χ4v) is 2.83. The summed E-state index contributed by atoms with van der Waals surface area (Å²) in [6.07, 6.45) is 3.40. The minimum Gasteiger partial charge on any atom is -0.379 e. The van der Waals surface area contributed by atoms with E-state index in [9.17, 15) is 14.9 Å². The van der Waals surface area contributed by atoms with E-state index < -0.39 is 11.0 Å². The average molecular weight is 410 g/mol. The van der Waals surface area contributed by atoms with Crippen LogP contribution in [0.4, 0.5) is 11.4 Å². The van der Waals surface area contributed by atoms with Gasteiger partial charge in [-0.1, -0.05) is 31.1 Å². The maximum absolute atomic E-state index is 12.4. The summed E-state index contributed by atoms with van der Waals surface area (Å²) in [5, 5.41) is 20.9. The first-order valence-corrected chi connectivity index (χ1v) is 9.46. The van der Waals surface area contributed by atoms with Crippen molar-refractivity contribution in [1.82, 2.24) is 20.4 Å². The number of nitro benzene ring substituents is 1. The van der Waals surface area contributed by atoms with Gasteiger partial charge in [-0.05, 0) is 24.1 Å². The average Bonchev–Trinajstić information content (AvgIpc) is 3.22. The number of carbonyl (C=O) groups is 1. The molecule has 156 valence electrons. The molecule has 0 bridgehead atoms. The highest BCUT2D eigenvalue weighted by Crippen LogP contribution is 2.24. The zero-order valence-corrected chi connectivity index (χ0v) is 16.6. The van der Waals surface area contributed by atoms with Crippen molar-refractivity contribution in [2.24, 2.45) is 5.92 Å². The molecule has 2 aromatic heterocycles. The molecule has 10 nitrogen and oxygen atoms in total. The van der Waals surface area contributed by atoms with Crippen LogP contribution in [0.5, 0.6) is 0 Å². The molecule has 0 aliphatic heterocycles. The molecule has 0 spiro atoms. The van der Waals surface area contributed by atoms with E-state index in [1.54, 1.807) is 42.7 Å². The number of benzene rings is 1. The quantitative estimate of drug-likeness (QED) is 0.405. The summed E-state index contributed by atoms with van der Waals surface area (Å²) < 4.78 is 5.37. The largest absolute Gasteiger partial charge is 0.379 e. The summed E-state index contributed by atoms with van der Waals surface area (Å²) in [5.41, 5.74) is 1.10. The van der Waals surface area contributed by atoms with Crippen LogP contribution in [0.3, 0.4) is 0 Å². The zero-order chi connectivity index (χ0) is 21.5. The van der Waals surface area contributed by atoms with E-state index in [4.69, 9.17) is 4.52 Å². The number of anilines is 1. The molecule has 3 rings (SSSR count). The Balaban J connectivity index is 1.60. The van der Waals surface area contributed by atoms with E-state index >= 15 is 0 Å². The first-order chi connectivity index (χ1) is 14.5. The first-order valence-electron chi connectivity index (χ1n) is 9.46. The summed E-state index contributed by atoms with van der Waals surface area (Å²) in [7, 11) is 0. The van der Waals surface area contributed by atoms with E-state index in [2.05, 4.69) is 25.8 Å². The number of para-hydroxylation sites is 2. The number of nitrogens with one attached hydrogen (secondary N) is 2. The van der Waals surface area contributed by atoms with Gasteiger partial charge in [-0.25, -0.2) is 0 Å². The first kappa shape index (κ1) is 20.9. The Morgan fingerprint density at radius 1 is 1.20 bits per heavy atom. The maximum Gasteiger partial charge on any atom is 0.292 e. The van der Waals surface area contributed by atoms with E-state index in [0.717, 1.165) is 5.56 Å². The minimum absolute atomic E-state index is 0.0165. The molecule has 0 radical (unpaired) electrons. The number of carbonyl (C=O) groups excluding carboxylic acids is 1. The Hall–Kier alpha value is -3.82. The summed E-state index contributed by atoms with van der Waals surface area (Å²) in [4.78, 5) is 31.4. The Morgan fingerprint density at radius 3 is 2.63 bits per heavy atom. The van der Waals surface area contributed by atoms with E-state index in [1.807, 2.05) is 13.8 Å². The van der Waals surface area contributed by atoms with Crippen molar-refractivity contribution in [1.29, 1.82) is 0 Å². The molecule has 1 aromatic carbocycles. The van der Waals surface area contributed by atoms with Crippen molar-refractivity contribution >= 4 is 17.3 Å². The molecule has 2 N–H and O–H groups in total. The van der Waals surface area contributed by atoms with E-state index in [0.29, 0.717) is 17.4 Å². The normalized spacial score (nSPS) is 11.8. The second kappa shape index (κ2) is 9.59. The molecule has 0 saturated heterocycles. The molecular formula is C20H22N6O4. The van der Waals surface area contributed by atoms with Gasteiger partial charge in [-0.2, -0.15) is 4.98 Å². The van der Waals surface area contributed by atoms with Crippen LogP contribution in [-0.2, 0) is 4.79 Å². The standard InChI is InChI=1S/C20H22N6O4/c1-13(2)18(20-24-19(25-30-20)14-7-10-21-11-8-14)23-17(27)9-12-22-15-5-3-4-6-16(15)26(28)29/h3-8,10-11,13,18,22H,9,12H2,1-2H3,(H,23,27).